The summed E-state index contributed by atoms with van der Waals surface area (Å²) in [6.07, 6.45) is 1.69. The Hall–Kier alpha value is -4.26. The predicted octanol–water partition coefficient (Wildman–Crippen LogP) is 4.53. The highest BCUT2D eigenvalue weighted by Gasteiger charge is 2.25. The lowest BCUT2D eigenvalue weighted by Crippen LogP contribution is -2.24. The summed E-state index contributed by atoms with van der Waals surface area (Å²) < 4.78 is 15.0. The number of anilines is 2. The first-order valence-corrected chi connectivity index (χ1v) is 9.52. The summed E-state index contributed by atoms with van der Waals surface area (Å²) in [5.74, 6) is -2.21. The number of aromatic nitrogens is 1. The van der Waals surface area contributed by atoms with Crippen LogP contribution in [0, 0.1) is 5.82 Å². The monoisotopic (exact) mass is 415 g/mol. The summed E-state index contributed by atoms with van der Waals surface area (Å²) in [5, 5.41) is 5.21. The minimum absolute atomic E-state index is 0.178. The van der Waals surface area contributed by atoms with Gasteiger partial charge in [-0.2, -0.15) is 0 Å². The van der Waals surface area contributed by atoms with Crippen LogP contribution in [0.2, 0.25) is 0 Å². The van der Waals surface area contributed by atoms with Gasteiger partial charge in [0.25, 0.3) is 11.7 Å². The summed E-state index contributed by atoms with van der Waals surface area (Å²) in [4.78, 5) is 37.2. The molecule has 7 heteroatoms. The molecule has 0 saturated heterocycles. The van der Waals surface area contributed by atoms with Crippen LogP contribution in [-0.2, 0) is 9.59 Å². The number of hydrogen-bond acceptors (Lipinski definition) is 3. The molecule has 2 N–H and O–H groups in total. The molecule has 2 heterocycles. The number of fused-ring (bicyclic) bond motifs is 1. The van der Waals surface area contributed by atoms with Gasteiger partial charge >= 0.3 is 0 Å². The van der Waals surface area contributed by atoms with Crippen LogP contribution in [0.3, 0.4) is 0 Å². The second kappa shape index (κ2) is 8.23. The van der Waals surface area contributed by atoms with E-state index < -0.39 is 17.5 Å². The average Bonchev–Trinajstić information content (AvgIpc) is 3.13. The van der Waals surface area contributed by atoms with Gasteiger partial charge in [0.2, 0.25) is 5.91 Å². The second-order valence-corrected chi connectivity index (χ2v) is 6.95. The normalized spacial score (nSPS) is 10.6. The van der Waals surface area contributed by atoms with Gasteiger partial charge in [-0.05, 0) is 54.1 Å². The van der Waals surface area contributed by atoms with Crippen molar-refractivity contribution >= 4 is 34.5 Å². The molecule has 0 saturated carbocycles. The first kappa shape index (κ1) is 20.0. The average molecular weight is 415 g/mol. The number of pyridine rings is 1. The number of carbonyl (C=O) groups is 3. The zero-order chi connectivity index (χ0) is 22.0. The van der Waals surface area contributed by atoms with Crippen LogP contribution in [-0.4, -0.2) is 22.0 Å². The third-order valence-corrected chi connectivity index (χ3v) is 4.70. The molecule has 0 aliphatic heterocycles. The molecular weight excluding hydrogens is 397 g/mol. The van der Waals surface area contributed by atoms with E-state index in [9.17, 15) is 18.8 Å². The van der Waals surface area contributed by atoms with Gasteiger partial charge in [-0.3, -0.25) is 14.4 Å². The number of halogens is 1. The summed E-state index contributed by atoms with van der Waals surface area (Å²) in [6.45, 7) is 1.38. The van der Waals surface area contributed by atoms with Crippen molar-refractivity contribution in [2.24, 2.45) is 0 Å². The molecule has 0 unspecified atom stereocenters. The molecule has 4 aromatic rings. The number of hydrogen-bond donors (Lipinski definition) is 2. The Morgan fingerprint density at radius 1 is 0.839 bits per heavy atom. The molecule has 2 aromatic carbocycles. The fraction of sp³-hybridized carbons (Fsp3) is 0.0417. The van der Waals surface area contributed by atoms with Gasteiger partial charge in [0, 0.05) is 35.6 Å². The van der Waals surface area contributed by atoms with Crippen molar-refractivity contribution in [3.63, 3.8) is 0 Å². The van der Waals surface area contributed by atoms with E-state index in [0.29, 0.717) is 22.5 Å². The van der Waals surface area contributed by atoms with Gasteiger partial charge in [-0.1, -0.05) is 24.3 Å². The van der Waals surface area contributed by atoms with Gasteiger partial charge in [0.05, 0.1) is 0 Å². The van der Waals surface area contributed by atoms with Gasteiger partial charge < -0.3 is 15.0 Å². The zero-order valence-corrected chi connectivity index (χ0v) is 16.6. The number of nitrogens with zero attached hydrogens (tertiary/aromatic N) is 1. The van der Waals surface area contributed by atoms with Crippen LogP contribution < -0.4 is 10.6 Å². The number of carbonyl (C=O) groups excluding carboxylic acids is 3. The molecule has 0 aliphatic carbocycles. The lowest BCUT2D eigenvalue weighted by atomic mass is 10.0. The van der Waals surface area contributed by atoms with E-state index in [4.69, 9.17) is 0 Å². The largest absolute Gasteiger partial charge is 0.326 e. The van der Waals surface area contributed by atoms with E-state index in [1.807, 2.05) is 12.1 Å². The highest BCUT2D eigenvalue weighted by Crippen LogP contribution is 2.29. The van der Waals surface area contributed by atoms with Gasteiger partial charge in [-0.25, -0.2) is 4.39 Å². The summed E-state index contributed by atoms with van der Waals surface area (Å²) >= 11 is 0. The smallest absolute Gasteiger partial charge is 0.298 e. The van der Waals surface area contributed by atoms with Crippen LogP contribution in [0.25, 0.3) is 16.6 Å². The van der Waals surface area contributed by atoms with Crippen molar-refractivity contribution in [2.45, 2.75) is 6.92 Å². The Bertz CT molecular complexity index is 1310. The van der Waals surface area contributed by atoms with Crippen LogP contribution in [0.15, 0.2) is 79.0 Å². The second-order valence-electron chi connectivity index (χ2n) is 6.95. The van der Waals surface area contributed by atoms with E-state index in [1.54, 1.807) is 59.1 Å². The first-order chi connectivity index (χ1) is 14.9. The SMILES string of the molecule is CC(=O)Nc1cccc(NC(=O)C(=O)c2c(-c3ccc(F)cc3)cc3ccccn23)c1. The first-order valence-electron chi connectivity index (χ1n) is 9.52. The molecule has 154 valence electrons. The molecule has 6 nitrogen and oxygen atoms in total. The van der Waals surface area contributed by atoms with Crippen molar-refractivity contribution in [3.05, 3.63) is 90.5 Å². The topological polar surface area (TPSA) is 79.7 Å². The lowest BCUT2D eigenvalue weighted by Gasteiger charge is -2.09. The Morgan fingerprint density at radius 2 is 1.55 bits per heavy atom. The minimum Gasteiger partial charge on any atom is -0.326 e. The van der Waals surface area contributed by atoms with Crippen molar-refractivity contribution < 1.29 is 18.8 Å². The Labute approximate surface area is 177 Å². The molecule has 4 rings (SSSR count). The zero-order valence-electron chi connectivity index (χ0n) is 16.6. The van der Waals surface area contributed by atoms with Gasteiger partial charge in [0.15, 0.2) is 0 Å². The molecule has 0 spiro atoms. The summed E-state index contributed by atoms with van der Waals surface area (Å²) in [6, 6.07) is 19.4. The standard InChI is InChI=1S/C24H18FN3O3/c1-15(29)26-18-5-4-6-19(13-18)27-24(31)23(30)22-21(16-8-10-17(25)11-9-16)14-20-7-2-3-12-28(20)22/h2-14H,1H3,(H,26,29)(H,27,31). The van der Waals surface area contributed by atoms with E-state index >= 15 is 0 Å². The van der Waals surface area contributed by atoms with Crippen molar-refractivity contribution in [1.82, 2.24) is 4.40 Å². The Morgan fingerprint density at radius 3 is 2.26 bits per heavy atom. The Balaban J connectivity index is 1.70. The molecule has 0 atom stereocenters. The quantitative estimate of drug-likeness (QED) is 0.371. The van der Waals surface area contributed by atoms with Crippen molar-refractivity contribution in [1.29, 1.82) is 0 Å². The van der Waals surface area contributed by atoms with E-state index in [0.717, 1.165) is 5.52 Å². The van der Waals surface area contributed by atoms with Crippen molar-refractivity contribution in [2.75, 3.05) is 10.6 Å². The predicted molar refractivity (Wildman–Crippen MR) is 116 cm³/mol. The van der Waals surface area contributed by atoms with Crippen LogP contribution in [0.5, 0.6) is 0 Å². The molecule has 2 amide bonds. The maximum atomic E-state index is 13.4. The van der Waals surface area contributed by atoms with E-state index in [-0.39, 0.29) is 11.6 Å². The number of ketones is 1. The van der Waals surface area contributed by atoms with Crippen molar-refractivity contribution in [3.8, 4) is 11.1 Å². The number of amides is 2. The highest BCUT2D eigenvalue weighted by molar-refractivity contribution is 6.47. The van der Waals surface area contributed by atoms with E-state index in [1.165, 1.54) is 19.1 Å². The fourth-order valence-corrected chi connectivity index (χ4v) is 3.38. The number of Topliss-reactive ketones (excluding diaryl/α,β-unsaturated/α-hetero) is 1. The molecule has 2 aromatic heterocycles. The minimum atomic E-state index is -0.827. The molecule has 0 aliphatic rings. The molecule has 0 fully saturated rings. The number of benzene rings is 2. The lowest BCUT2D eigenvalue weighted by molar-refractivity contribution is -0.114. The van der Waals surface area contributed by atoms with Crippen LogP contribution in [0.4, 0.5) is 15.8 Å². The molecule has 31 heavy (non-hydrogen) atoms. The highest BCUT2D eigenvalue weighted by atomic mass is 19.1. The molecular formula is C24H18FN3O3. The summed E-state index contributed by atoms with van der Waals surface area (Å²) in [5.41, 5.74) is 2.92. The summed E-state index contributed by atoms with van der Waals surface area (Å²) in [7, 11) is 0. The third kappa shape index (κ3) is 4.20. The van der Waals surface area contributed by atoms with E-state index in [2.05, 4.69) is 10.6 Å². The number of nitrogens with one attached hydrogen (secondary N) is 2. The fourth-order valence-electron chi connectivity index (χ4n) is 3.38. The van der Waals surface area contributed by atoms with Gasteiger partial charge in [0.1, 0.15) is 11.5 Å². The molecule has 0 bridgehead atoms. The number of rotatable bonds is 5. The maximum Gasteiger partial charge on any atom is 0.298 e. The van der Waals surface area contributed by atoms with Crippen LogP contribution in [0.1, 0.15) is 17.4 Å². The Kier molecular flexibility index (Phi) is 5.32. The third-order valence-electron chi connectivity index (χ3n) is 4.70. The maximum absolute atomic E-state index is 13.4. The van der Waals surface area contributed by atoms with Crippen LogP contribution >= 0.6 is 0 Å². The molecule has 0 radical (unpaired) electrons. The van der Waals surface area contributed by atoms with Gasteiger partial charge in [-0.15, -0.1) is 0 Å².